The van der Waals surface area contributed by atoms with E-state index in [2.05, 4.69) is 10.3 Å². The molecule has 0 aliphatic carbocycles. The number of benzene rings is 2. The minimum absolute atomic E-state index is 0.298. The van der Waals surface area contributed by atoms with Crippen LogP contribution in [0, 0.1) is 11.7 Å². The summed E-state index contributed by atoms with van der Waals surface area (Å²) >= 11 is 0. The Labute approximate surface area is 139 Å². The number of hydrogen-bond acceptors (Lipinski definition) is 3. The maximum Gasteiger partial charge on any atom is 0.222 e. The highest BCUT2D eigenvalue weighted by Crippen LogP contribution is 2.16. The molecule has 0 bridgehead atoms. The molecule has 1 aromatic heterocycles. The minimum atomic E-state index is -0.399. The summed E-state index contributed by atoms with van der Waals surface area (Å²) in [5, 5.41) is 4.22. The van der Waals surface area contributed by atoms with Gasteiger partial charge in [0.1, 0.15) is 11.6 Å². The van der Waals surface area contributed by atoms with Crippen molar-refractivity contribution >= 4 is 22.6 Å². The first kappa shape index (κ1) is 15.9. The van der Waals surface area contributed by atoms with Crippen molar-refractivity contribution in [2.75, 3.05) is 11.9 Å². The van der Waals surface area contributed by atoms with Crippen LogP contribution in [0.1, 0.15) is 5.56 Å². The topological polar surface area (TPSA) is 68.0 Å². The van der Waals surface area contributed by atoms with Gasteiger partial charge in [0.2, 0.25) is 5.91 Å². The molecule has 0 fully saturated rings. The lowest BCUT2D eigenvalue weighted by molar-refractivity contribution is -0.121. The Kier molecular flexibility index (Phi) is 4.70. The van der Waals surface area contributed by atoms with Crippen LogP contribution in [0.2, 0.25) is 0 Å². The first-order chi connectivity index (χ1) is 11.6. The number of anilines is 1. The Bertz CT molecular complexity index is 849. The van der Waals surface area contributed by atoms with Gasteiger partial charge in [-0.1, -0.05) is 30.3 Å². The number of amides is 1. The Hall–Kier alpha value is -2.95. The van der Waals surface area contributed by atoms with Crippen LogP contribution in [0.5, 0.6) is 0 Å². The molecule has 0 aliphatic heterocycles. The van der Waals surface area contributed by atoms with E-state index in [4.69, 9.17) is 5.73 Å². The highest BCUT2D eigenvalue weighted by Gasteiger charge is 2.16. The van der Waals surface area contributed by atoms with Crippen LogP contribution in [0.25, 0.3) is 10.9 Å². The summed E-state index contributed by atoms with van der Waals surface area (Å²) in [6.07, 6.45) is 0.455. The summed E-state index contributed by atoms with van der Waals surface area (Å²) < 4.78 is 13.0. The van der Waals surface area contributed by atoms with Crippen molar-refractivity contribution in [2.45, 2.75) is 6.42 Å². The fourth-order valence-corrected chi connectivity index (χ4v) is 2.57. The molecule has 1 unspecified atom stereocenters. The Morgan fingerprint density at radius 2 is 1.83 bits per heavy atom. The third-order valence-electron chi connectivity index (χ3n) is 3.93. The number of nitrogens with zero attached hydrogens (tertiary/aromatic N) is 1. The van der Waals surface area contributed by atoms with Gasteiger partial charge in [0.05, 0.1) is 11.4 Å². The Morgan fingerprint density at radius 1 is 1.08 bits per heavy atom. The SMILES string of the molecule is NC(=O)C(CNc1ccc2ccccc2n1)Cc1ccc(F)cc1. The molecule has 5 heteroatoms. The number of carbonyl (C=O) groups excluding carboxylic acids is 1. The van der Waals surface area contributed by atoms with Crippen LogP contribution >= 0.6 is 0 Å². The number of para-hydroxylation sites is 1. The van der Waals surface area contributed by atoms with E-state index >= 15 is 0 Å². The molecule has 4 nitrogen and oxygen atoms in total. The summed E-state index contributed by atoms with van der Waals surface area (Å²) in [5.74, 6) is -0.400. The molecule has 0 aliphatic rings. The first-order valence-corrected chi connectivity index (χ1v) is 7.75. The number of nitrogens with one attached hydrogen (secondary N) is 1. The standard InChI is InChI=1S/C19H18FN3O/c20-16-8-5-13(6-9-16)11-15(19(21)24)12-22-18-10-7-14-3-1-2-4-17(14)23-18/h1-10,15H,11-12H2,(H2,21,24)(H,22,23). The van der Waals surface area contributed by atoms with Crippen molar-refractivity contribution in [3.05, 3.63) is 72.0 Å². The van der Waals surface area contributed by atoms with Gasteiger partial charge >= 0.3 is 0 Å². The second kappa shape index (κ2) is 7.08. The molecule has 1 atom stereocenters. The van der Waals surface area contributed by atoms with Crippen molar-refractivity contribution in [1.82, 2.24) is 4.98 Å². The van der Waals surface area contributed by atoms with Gasteiger partial charge in [-0.05, 0) is 42.3 Å². The van der Waals surface area contributed by atoms with Crippen LogP contribution in [-0.2, 0) is 11.2 Å². The van der Waals surface area contributed by atoms with Gasteiger partial charge in [-0.3, -0.25) is 4.79 Å². The lowest BCUT2D eigenvalue weighted by Gasteiger charge is -2.15. The largest absolute Gasteiger partial charge is 0.369 e. The third kappa shape index (κ3) is 3.87. The number of carbonyl (C=O) groups is 1. The van der Waals surface area contributed by atoms with E-state index in [0.717, 1.165) is 16.5 Å². The molecule has 24 heavy (non-hydrogen) atoms. The van der Waals surface area contributed by atoms with Gasteiger partial charge in [0, 0.05) is 11.9 Å². The minimum Gasteiger partial charge on any atom is -0.369 e. The molecule has 0 spiro atoms. The molecule has 1 heterocycles. The molecule has 2 aromatic carbocycles. The van der Waals surface area contributed by atoms with Crippen LogP contribution in [0.4, 0.5) is 10.2 Å². The zero-order chi connectivity index (χ0) is 16.9. The third-order valence-corrected chi connectivity index (χ3v) is 3.93. The van der Waals surface area contributed by atoms with Crippen LogP contribution in [0.15, 0.2) is 60.7 Å². The number of primary amides is 1. The average Bonchev–Trinajstić information content (AvgIpc) is 2.60. The van der Waals surface area contributed by atoms with E-state index in [9.17, 15) is 9.18 Å². The molecular weight excluding hydrogens is 305 g/mol. The van der Waals surface area contributed by atoms with Gasteiger partial charge in [0.25, 0.3) is 0 Å². The van der Waals surface area contributed by atoms with Crippen molar-refractivity contribution in [3.8, 4) is 0 Å². The van der Waals surface area contributed by atoms with Gasteiger partial charge in [-0.2, -0.15) is 0 Å². The summed E-state index contributed by atoms with van der Waals surface area (Å²) in [6.45, 7) is 0.373. The summed E-state index contributed by atoms with van der Waals surface area (Å²) in [7, 11) is 0. The van der Waals surface area contributed by atoms with Crippen LogP contribution < -0.4 is 11.1 Å². The number of aromatic nitrogens is 1. The van der Waals surface area contributed by atoms with E-state index in [1.807, 2.05) is 36.4 Å². The molecule has 0 saturated carbocycles. The normalized spacial score (nSPS) is 12.0. The predicted octanol–water partition coefficient (Wildman–Crippen LogP) is 3.13. The summed E-state index contributed by atoms with van der Waals surface area (Å²) in [5.41, 5.74) is 7.25. The average molecular weight is 323 g/mol. The Morgan fingerprint density at radius 3 is 2.58 bits per heavy atom. The van der Waals surface area contributed by atoms with Gasteiger partial charge < -0.3 is 11.1 Å². The van der Waals surface area contributed by atoms with Gasteiger partial charge in [-0.25, -0.2) is 9.37 Å². The fourth-order valence-electron chi connectivity index (χ4n) is 2.57. The van der Waals surface area contributed by atoms with Crippen molar-refractivity contribution in [2.24, 2.45) is 11.7 Å². The molecule has 3 rings (SSSR count). The van der Waals surface area contributed by atoms with E-state index in [-0.39, 0.29) is 5.82 Å². The van der Waals surface area contributed by atoms with Gasteiger partial charge in [-0.15, -0.1) is 0 Å². The zero-order valence-electron chi connectivity index (χ0n) is 13.1. The van der Waals surface area contributed by atoms with Crippen LogP contribution in [-0.4, -0.2) is 17.4 Å². The maximum absolute atomic E-state index is 13.0. The number of halogens is 1. The maximum atomic E-state index is 13.0. The van der Waals surface area contributed by atoms with Crippen molar-refractivity contribution in [1.29, 1.82) is 0 Å². The van der Waals surface area contributed by atoms with E-state index in [1.165, 1.54) is 12.1 Å². The highest BCUT2D eigenvalue weighted by molar-refractivity contribution is 5.80. The molecule has 122 valence electrons. The molecular formula is C19H18FN3O. The van der Waals surface area contributed by atoms with Crippen LogP contribution in [0.3, 0.4) is 0 Å². The second-order valence-corrected chi connectivity index (χ2v) is 5.70. The highest BCUT2D eigenvalue weighted by atomic mass is 19.1. The monoisotopic (exact) mass is 323 g/mol. The fraction of sp³-hybridized carbons (Fsp3) is 0.158. The molecule has 0 saturated heterocycles. The molecule has 1 amide bonds. The second-order valence-electron chi connectivity index (χ2n) is 5.70. The molecule has 0 radical (unpaired) electrons. The number of rotatable bonds is 6. The lowest BCUT2D eigenvalue weighted by Crippen LogP contribution is -2.31. The Balaban J connectivity index is 1.68. The van der Waals surface area contributed by atoms with Crippen molar-refractivity contribution < 1.29 is 9.18 Å². The first-order valence-electron chi connectivity index (χ1n) is 7.75. The number of fused-ring (bicyclic) bond motifs is 1. The molecule has 3 N–H and O–H groups in total. The summed E-state index contributed by atoms with van der Waals surface area (Å²) in [4.78, 5) is 16.2. The summed E-state index contributed by atoms with van der Waals surface area (Å²) in [6, 6.07) is 17.8. The number of hydrogen-bond donors (Lipinski definition) is 2. The van der Waals surface area contributed by atoms with E-state index < -0.39 is 11.8 Å². The van der Waals surface area contributed by atoms with Crippen molar-refractivity contribution in [3.63, 3.8) is 0 Å². The van der Waals surface area contributed by atoms with E-state index in [0.29, 0.717) is 18.8 Å². The molecule has 3 aromatic rings. The smallest absolute Gasteiger partial charge is 0.222 e. The number of nitrogens with two attached hydrogens (primary N) is 1. The quantitative estimate of drug-likeness (QED) is 0.732. The lowest BCUT2D eigenvalue weighted by atomic mass is 9.98. The number of pyridine rings is 1. The zero-order valence-corrected chi connectivity index (χ0v) is 13.1. The van der Waals surface area contributed by atoms with Gasteiger partial charge in [0.15, 0.2) is 0 Å². The predicted molar refractivity (Wildman–Crippen MR) is 93.0 cm³/mol. The van der Waals surface area contributed by atoms with E-state index in [1.54, 1.807) is 12.1 Å².